The lowest BCUT2D eigenvalue weighted by atomic mass is 10.2. The minimum absolute atomic E-state index is 0.00349. The molecule has 1 heterocycles. The molecule has 0 radical (unpaired) electrons. The van der Waals surface area contributed by atoms with E-state index in [9.17, 15) is 18.0 Å². The van der Waals surface area contributed by atoms with Crippen molar-refractivity contribution in [3.63, 3.8) is 0 Å². The molecule has 0 unspecified atom stereocenters. The van der Waals surface area contributed by atoms with Gasteiger partial charge in [0.2, 0.25) is 10.0 Å². The van der Waals surface area contributed by atoms with Crippen LogP contribution in [0, 0.1) is 0 Å². The fourth-order valence-corrected chi connectivity index (χ4v) is 2.65. The van der Waals surface area contributed by atoms with Crippen LogP contribution in [0.3, 0.4) is 0 Å². The van der Waals surface area contributed by atoms with Gasteiger partial charge in [-0.2, -0.15) is 0 Å². The Bertz CT molecular complexity index is 815. The van der Waals surface area contributed by atoms with Gasteiger partial charge in [-0.05, 0) is 37.4 Å². The van der Waals surface area contributed by atoms with Crippen molar-refractivity contribution in [2.24, 2.45) is 0 Å². The third kappa shape index (κ3) is 4.43. The predicted molar refractivity (Wildman–Crippen MR) is 86.1 cm³/mol. The summed E-state index contributed by atoms with van der Waals surface area (Å²) < 4.78 is 30.6. The topological polar surface area (TPSA) is 118 Å². The number of rotatable bonds is 7. The molecule has 128 valence electrons. The van der Waals surface area contributed by atoms with Gasteiger partial charge in [0.25, 0.3) is 11.8 Å². The minimum atomic E-state index is -3.61. The molecule has 0 aliphatic carbocycles. The third-order valence-electron chi connectivity index (χ3n) is 3.12. The first-order chi connectivity index (χ1) is 11.4. The molecule has 0 atom stereocenters. The van der Waals surface area contributed by atoms with Crippen LogP contribution in [0.1, 0.15) is 20.9 Å². The lowest BCUT2D eigenvalue weighted by molar-refractivity contribution is 0.0910. The van der Waals surface area contributed by atoms with Crippen molar-refractivity contribution in [2.45, 2.75) is 4.90 Å². The quantitative estimate of drug-likeness (QED) is 0.622. The van der Waals surface area contributed by atoms with Crippen LogP contribution in [0.25, 0.3) is 0 Å². The molecular weight excluding hydrogens is 334 g/mol. The zero-order valence-electron chi connectivity index (χ0n) is 12.9. The molecule has 0 saturated carbocycles. The molecule has 24 heavy (non-hydrogen) atoms. The summed E-state index contributed by atoms with van der Waals surface area (Å²) in [5.41, 5.74) is 0.212. The maximum atomic E-state index is 12.0. The Morgan fingerprint density at radius 2 is 1.75 bits per heavy atom. The Hall–Kier alpha value is -2.65. The van der Waals surface area contributed by atoms with Crippen LogP contribution < -0.4 is 15.4 Å². The number of furan rings is 1. The van der Waals surface area contributed by atoms with Gasteiger partial charge in [-0.15, -0.1) is 0 Å². The van der Waals surface area contributed by atoms with E-state index in [0.717, 1.165) is 0 Å². The van der Waals surface area contributed by atoms with Gasteiger partial charge < -0.3 is 15.1 Å². The number of carbonyl (C=O) groups is 2. The van der Waals surface area contributed by atoms with Gasteiger partial charge in [0.05, 0.1) is 11.2 Å². The van der Waals surface area contributed by atoms with Crippen LogP contribution in [0.2, 0.25) is 0 Å². The molecule has 1 aromatic heterocycles. The summed E-state index contributed by atoms with van der Waals surface area (Å²) in [4.78, 5) is 23.6. The molecule has 2 rings (SSSR count). The maximum absolute atomic E-state index is 12.0. The molecule has 0 bridgehead atoms. The zero-order chi connectivity index (χ0) is 17.6. The Labute approximate surface area is 139 Å². The van der Waals surface area contributed by atoms with Gasteiger partial charge in [-0.1, -0.05) is 6.07 Å². The minimum Gasteiger partial charge on any atom is -0.459 e. The molecule has 3 N–H and O–H groups in total. The van der Waals surface area contributed by atoms with Crippen LogP contribution in [0.15, 0.2) is 52.0 Å². The third-order valence-corrected chi connectivity index (χ3v) is 4.53. The van der Waals surface area contributed by atoms with Crippen LogP contribution in [0.4, 0.5) is 0 Å². The average Bonchev–Trinajstić information content (AvgIpc) is 3.13. The highest BCUT2D eigenvalue weighted by Crippen LogP contribution is 2.10. The lowest BCUT2D eigenvalue weighted by Crippen LogP contribution is -2.34. The fraction of sp³-hybridized carbons (Fsp3) is 0.200. The van der Waals surface area contributed by atoms with E-state index in [0.29, 0.717) is 0 Å². The summed E-state index contributed by atoms with van der Waals surface area (Å²) in [6.07, 6.45) is 1.39. The largest absolute Gasteiger partial charge is 0.459 e. The van der Waals surface area contributed by atoms with E-state index in [2.05, 4.69) is 15.4 Å². The van der Waals surface area contributed by atoms with Crippen LogP contribution in [0.5, 0.6) is 0 Å². The molecule has 0 saturated heterocycles. The summed E-state index contributed by atoms with van der Waals surface area (Å²) in [5, 5.41) is 5.18. The summed E-state index contributed by atoms with van der Waals surface area (Å²) in [6, 6.07) is 8.79. The normalized spacial score (nSPS) is 11.0. The van der Waals surface area contributed by atoms with Crippen molar-refractivity contribution in [1.29, 1.82) is 0 Å². The number of carbonyl (C=O) groups excluding carboxylic acids is 2. The zero-order valence-corrected chi connectivity index (χ0v) is 13.7. The number of hydrogen-bond donors (Lipinski definition) is 3. The van der Waals surface area contributed by atoms with Crippen molar-refractivity contribution >= 4 is 21.8 Å². The van der Waals surface area contributed by atoms with E-state index in [4.69, 9.17) is 4.42 Å². The smallest absolute Gasteiger partial charge is 0.287 e. The first-order valence-electron chi connectivity index (χ1n) is 7.07. The van der Waals surface area contributed by atoms with Gasteiger partial charge in [0.15, 0.2) is 5.76 Å². The molecule has 1 aromatic carbocycles. The Kier molecular flexibility index (Phi) is 5.72. The van der Waals surface area contributed by atoms with Crippen LogP contribution in [-0.4, -0.2) is 40.4 Å². The van der Waals surface area contributed by atoms with Crippen LogP contribution >= 0.6 is 0 Å². The van der Waals surface area contributed by atoms with E-state index in [1.807, 2.05) is 0 Å². The number of hydrogen-bond acceptors (Lipinski definition) is 5. The molecular formula is C15H17N3O5S. The average molecular weight is 351 g/mol. The molecule has 0 spiro atoms. The molecule has 2 aromatic rings. The van der Waals surface area contributed by atoms with Crippen molar-refractivity contribution in [3.05, 3.63) is 54.0 Å². The Balaban J connectivity index is 1.87. The van der Waals surface area contributed by atoms with Crippen molar-refractivity contribution in [3.8, 4) is 0 Å². The molecule has 2 amide bonds. The van der Waals surface area contributed by atoms with E-state index in [1.54, 1.807) is 6.07 Å². The number of nitrogens with one attached hydrogen (secondary N) is 3. The summed E-state index contributed by atoms with van der Waals surface area (Å²) in [7, 11) is -2.32. The molecule has 0 fully saturated rings. The molecule has 9 heteroatoms. The van der Waals surface area contributed by atoms with Crippen molar-refractivity contribution in [1.82, 2.24) is 15.4 Å². The Morgan fingerprint density at radius 1 is 1.04 bits per heavy atom. The second-order valence-corrected chi connectivity index (χ2v) is 6.61. The second kappa shape index (κ2) is 7.75. The number of amides is 2. The molecule has 0 aliphatic heterocycles. The SMILES string of the molecule is CNS(=O)(=O)c1cccc(C(=O)NCCNC(=O)c2ccco2)c1. The highest BCUT2D eigenvalue weighted by molar-refractivity contribution is 7.89. The fourth-order valence-electron chi connectivity index (χ4n) is 1.87. The highest BCUT2D eigenvalue weighted by atomic mass is 32.2. The lowest BCUT2D eigenvalue weighted by Gasteiger charge is -2.08. The monoisotopic (exact) mass is 351 g/mol. The first kappa shape index (κ1) is 17.7. The standard InChI is InChI=1S/C15H17N3O5S/c1-16-24(21,22)12-5-2-4-11(10-12)14(19)17-7-8-18-15(20)13-6-3-9-23-13/h2-6,9-10,16H,7-8H2,1H3,(H,17,19)(H,18,20). The van der Waals surface area contributed by atoms with Gasteiger partial charge in [-0.3, -0.25) is 9.59 Å². The predicted octanol–water partition coefficient (Wildman–Crippen LogP) is 0.347. The van der Waals surface area contributed by atoms with E-state index < -0.39 is 15.9 Å². The van der Waals surface area contributed by atoms with Crippen LogP contribution in [-0.2, 0) is 10.0 Å². The van der Waals surface area contributed by atoms with Gasteiger partial charge >= 0.3 is 0 Å². The number of sulfonamides is 1. The van der Waals surface area contributed by atoms with E-state index in [-0.39, 0.29) is 35.2 Å². The highest BCUT2D eigenvalue weighted by Gasteiger charge is 2.14. The summed E-state index contributed by atoms with van der Waals surface area (Å²) >= 11 is 0. The van der Waals surface area contributed by atoms with Crippen molar-refractivity contribution < 1.29 is 22.4 Å². The van der Waals surface area contributed by atoms with Crippen molar-refractivity contribution in [2.75, 3.05) is 20.1 Å². The number of benzene rings is 1. The summed E-state index contributed by atoms with van der Waals surface area (Å²) in [6.45, 7) is 0.397. The van der Waals surface area contributed by atoms with Gasteiger partial charge in [-0.25, -0.2) is 13.1 Å². The maximum Gasteiger partial charge on any atom is 0.287 e. The molecule has 8 nitrogen and oxygen atoms in total. The van der Waals surface area contributed by atoms with E-state index >= 15 is 0 Å². The summed E-state index contributed by atoms with van der Waals surface area (Å²) in [5.74, 6) is -0.627. The second-order valence-electron chi connectivity index (χ2n) is 4.72. The van der Waals surface area contributed by atoms with Gasteiger partial charge in [0, 0.05) is 18.7 Å². The van der Waals surface area contributed by atoms with E-state index in [1.165, 1.54) is 43.6 Å². The first-order valence-corrected chi connectivity index (χ1v) is 8.56. The van der Waals surface area contributed by atoms with Gasteiger partial charge in [0.1, 0.15) is 0 Å². The Morgan fingerprint density at radius 3 is 2.38 bits per heavy atom. The molecule has 0 aliphatic rings.